The molecule has 0 spiro atoms. The van der Waals surface area contributed by atoms with Crippen LogP contribution in [0.15, 0.2) is 30.6 Å². The average Bonchev–Trinajstić information content (AvgIpc) is 3.31. The second-order valence-electron chi connectivity index (χ2n) is 6.14. The number of nitrogens with zero attached hydrogens (tertiary/aromatic N) is 5. The SMILES string of the molecule is Cn1nc(C2CCNCC2)nc1NC(=O)c1cnc(-c2ccccn2)s1. The van der Waals surface area contributed by atoms with Gasteiger partial charge in [-0.05, 0) is 38.1 Å². The Labute approximate surface area is 154 Å². The third-order valence-corrected chi connectivity index (χ3v) is 5.34. The smallest absolute Gasteiger partial charge is 0.269 e. The molecule has 2 N–H and O–H groups in total. The molecule has 0 radical (unpaired) electrons. The first-order chi connectivity index (χ1) is 12.7. The van der Waals surface area contributed by atoms with Crippen molar-refractivity contribution in [3.63, 3.8) is 0 Å². The summed E-state index contributed by atoms with van der Waals surface area (Å²) in [7, 11) is 1.79. The molecular formula is C17H19N7OS. The second-order valence-corrected chi connectivity index (χ2v) is 7.17. The number of hydrogen-bond donors (Lipinski definition) is 2. The van der Waals surface area contributed by atoms with Crippen molar-refractivity contribution in [2.45, 2.75) is 18.8 Å². The molecule has 4 heterocycles. The van der Waals surface area contributed by atoms with E-state index in [1.165, 1.54) is 11.3 Å². The minimum atomic E-state index is -0.239. The third-order valence-electron chi connectivity index (χ3n) is 4.32. The number of piperidine rings is 1. The highest BCUT2D eigenvalue weighted by Gasteiger charge is 2.22. The van der Waals surface area contributed by atoms with Crippen molar-refractivity contribution >= 4 is 23.2 Å². The number of thiazole rings is 1. The lowest BCUT2D eigenvalue weighted by atomic mass is 9.98. The van der Waals surface area contributed by atoms with Crippen LogP contribution in [-0.4, -0.2) is 43.7 Å². The zero-order valence-corrected chi connectivity index (χ0v) is 15.2. The summed E-state index contributed by atoms with van der Waals surface area (Å²) >= 11 is 1.30. The number of carbonyl (C=O) groups is 1. The Hall–Kier alpha value is -2.65. The Balaban J connectivity index is 1.48. The molecule has 9 heteroatoms. The van der Waals surface area contributed by atoms with Gasteiger partial charge in [0.05, 0.1) is 11.9 Å². The maximum atomic E-state index is 12.5. The molecule has 0 atom stereocenters. The van der Waals surface area contributed by atoms with Crippen LogP contribution in [-0.2, 0) is 7.05 Å². The van der Waals surface area contributed by atoms with Crippen molar-refractivity contribution in [2.75, 3.05) is 18.4 Å². The van der Waals surface area contributed by atoms with Crippen LogP contribution >= 0.6 is 11.3 Å². The Bertz CT molecular complexity index is 899. The fourth-order valence-electron chi connectivity index (χ4n) is 2.92. The molecular weight excluding hydrogens is 350 g/mol. The normalized spacial score (nSPS) is 15.1. The van der Waals surface area contributed by atoms with Crippen molar-refractivity contribution in [1.29, 1.82) is 0 Å². The van der Waals surface area contributed by atoms with E-state index in [2.05, 4.69) is 30.7 Å². The summed E-state index contributed by atoms with van der Waals surface area (Å²) in [4.78, 5) is 26.1. The van der Waals surface area contributed by atoms with Gasteiger partial charge in [0, 0.05) is 19.2 Å². The summed E-state index contributed by atoms with van der Waals surface area (Å²) in [6.07, 6.45) is 5.30. The van der Waals surface area contributed by atoms with Crippen LogP contribution in [0.5, 0.6) is 0 Å². The van der Waals surface area contributed by atoms with Gasteiger partial charge in [-0.1, -0.05) is 6.07 Å². The van der Waals surface area contributed by atoms with Gasteiger partial charge in [-0.2, -0.15) is 10.1 Å². The van der Waals surface area contributed by atoms with Gasteiger partial charge >= 0.3 is 0 Å². The summed E-state index contributed by atoms with van der Waals surface area (Å²) < 4.78 is 1.62. The van der Waals surface area contributed by atoms with Gasteiger partial charge in [0.2, 0.25) is 5.95 Å². The molecule has 4 rings (SSSR count). The molecule has 26 heavy (non-hydrogen) atoms. The van der Waals surface area contributed by atoms with Crippen LogP contribution in [0.4, 0.5) is 5.95 Å². The monoisotopic (exact) mass is 369 g/mol. The van der Waals surface area contributed by atoms with Crippen LogP contribution in [0.1, 0.15) is 34.3 Å². The van der Waals surface area contributed by atoms with E-state index in [-0.39, 0.29) is 5.91 Å². The maximum Gasteiger partial charge on any atom is 0.269 e. The van der Waals surface area contributed by atoms with Crippen LogP contribution in [0.25, 0.3) is 10.7 Å². The highest BCUT2D eigenvalue weighted by Crippen LogP contribution is 2.25. The molecule has 1 fully saturated rings. The highest BCUT2D eigenvalue weighted by atomic mass is 32.1. The predicted molar refractivity (Wildman–Crippen MR) is 99.1 cm³/mol. The average molecular weight is 369 g/mol. The standard InChI is InChI=1S/C17H19N7OS/c1-24-17(21-14(23-24)11-5-8-18-9-6-11)22-15(25)13-10-20-16(26-13)12-4-2-3-7-19-12/h2-4,7,10-11,18H,5-6,8-9H2,1H3,(H,21,22,23,25). The Morgan fingerprint density at radius 3 is 2.92 bits per heavy atom. The molecule has 134 valence electrons. The Morgan fingerprint density at radius 2 is 2.15 bits per heavy atom. The molecule has 1 saturated heterocycles. The molecule has 0 unspecified atom stereocenters. The number of anilines is 1. The van der Waals surface area contributed by atoms with Crippen LogP contribution in [0.3, 0.4) is 0 Å². The molecule has 3 aromatic heterocycles. The Kier molecular flexibility index (Phi) is 4.72. The van der Waals surface area contributed by atoms with Crippen molar-refractivity contribution in [1.82, 2.24) is 30.0 Å². The first-order valence-electron chi connectivity index (χ1n) is 8.51. The van der Waals surface area contributed by atoms with Crippen molar-refractivity contribution in [2.24, 2.45) is 7.05 Å². The van der Waals surface area contributed by atoms with Gasteiger partial charge in [0.1, 0.15) is 9.88 Å². The van der Waals surface area contributed by atoms with Gasteiger partial charge in [-0.25, -0.2) is 9.67 Å². The number of pyridine rings is 1. The molecule has 0 aromatic carbocycles. The lowest BCUT2D eigenvalue weighted by molar-refractivity contribution is 0.102. The molecule has 8 nitrogen and oxygen atoms in total. The molecule has 1 amide bonds. The van der Waals surface area contributed by atoms with E-state index in [1.54, 1.807) is 24.1 Å². The van der Waals surface area contributed by atoms with Gasteiger partial charge < -0.3 is 5.32 Å². The molecule has 0 aliphatic carbocycles. The largest absolute Gasteiger partial charge is 0.317 e. The molecule has 0 saturated carbocycles. The minimum Gasteiger partial charge on any atom is -0.317 e. The number of amides is 1. The fraction of sp³-hybridized carbons (Fsp3) is 0.353. The lowest BCUT2D eigenvalue weighted by Gasteiger charge is -2.19. The van der Waals surface area contributed by atoms with E-state index >= 15 is 0 Å². The summed E-state index contributed by atoms with van der Waals surface area (Å²) in [6, 6.07) is 5.61. The number of nitrogens with one attached hydrogen (secondary N) is 2. The topological polar surface area (TPSA) is 97.6 Å². The van der Waals surface area contributed by atoms with Gasteiger partial charge in [-0.15, -0.1) is 11.3 Å². The van der Waals surface area contributed by atoms with E-state index in [1.807, 2.05) is 18.2 Å². The molecule has 1 aliphatic rings. The van der Waals surface area contributed by atoms with Crippen molar-refractivity contribution in [3.05, 3.63) is 41.3 Å². The second kappa shape index (κ2) is 7.30. The number of aryl methyl sites for hydroxylation is 1. The van der Waals surface area contributed by atoms with E-state index in [9.17, 15) is 4.79 Å². The fourth-order valence-corrected chi connectivity index (χ4v) is 3.70. The minimum absolute atomic E-state index is 0.239. The number of hydrogen-bond acceptors (Lipinski definition) is 7. The van der Waals surface area contributed by atoms with E-state index in [0.29, 0.717) is 21.8 Å². The van der Waals surface area contributed by atoms with Crippen LogP contribution in [0, 0.1) is 0 Å². The number of aromatic nitrogens is 5. The maximum absolute atomic E-state index is 12.5. The molecule has 3 aromatic rings. The zero-order chi connectivity index (χ0) is 17.9. The number of carbonyl (C=O) groups excluding carboxylic acids is 1. The van der Waals surface area contributed by atoms with Gasteiger partial charge in [-0.3, -0.25) is 15.1 Å². The van der Waals surface area contributed by atoms with Gasteiger partial charge in [0.25, 0.3) is 5.91 Å². The molecule has 1 aliphatic heterocycles. The highest BCUT2D eigenvalue weighted by molar-refractivity contribution is 7.17. The van der Waals surface area contributed by atoms with E-state index in [0.717, 1.165) is 37.4 Å². The summed E-state index contributed by atoms with van der Waals surface area (Å²) in [5, 5.41) is 11.4. The lowest BCUT2D eigenvalue weighted by Crippen LogP contribution is -2.27. The zero-order valence-electron chi connectivity index (χ0n) is 14.3. The number of rotatable bonds is 4. The van der Waals surface area contributed by atoms with Crippen LogP contribution < -0.4 is 10.6 Å². The van der Waals surface area contributed by atoms with Gasteiger partial charge in [0.15, 0.2) is 5.82 Å². The first kappa shape index (κ1) is 16.8. The van der Waals surface area contributed by atoms with E-state index in [4.69, 9.17) is 0 Å². The predicted octanol–water partition coefficient (Wildman–Crippen LogP) is 2.05. The van der Waals surface area contributed by atoms with Crippen molar-refractivity contribution in [3.8, 4) is 10.7 Å². The summed E-state index contributed by atoms with van der Waals surface area (Å²) in [5.74, 6) is 1.35. The molecule has 0 bridgehead atoms. The Morgan fingerprint density at radius 1 is 1.31 bits per heavy atom. The van der Waals surface area contributed by atoms with E-state index < -0.39 is 0 Å². The summed E-state index contributed by atoms with van der Waals surface area (Å²) in [6.45, 7) is 1.95. The van der Waals surface area contributed by atoms with Crippen LogP contribution in [0.2, 0.25) is 0 Å². The van der Waals surface area contributed by atoms with Crippen molar-refractivity contribution < 1.29 is 4.79 Å². The first-order valence-corrected chi connectivity index (χ1v) is 9.32. The quantitative estimate of drug-likeness (QED) is 0.730. The summed E-state index contributed by atoms with van der Waals surface area (Å²) in [5.41, 5.74) is 0.753. The third kappa shape index (κ3) is 3.49.